The Bertz CT molecular complexity index is 523. The third-order valence-electron chi connectivity index (χ3n) is 3.44. The van der Waals surface area contributed by atoms with E-state index in [1.807, 2.05) is 39.0 Å². The van der Waals surface area contributed by atoms with Crippen molar-refractivity contribution >= 4 is 11.8 Å². The second kappa shape index (κ2) is 6.03. The number of aliphatic hydroxyl groups is 1. The van der Waals surface area contributed by atoms with Gasteiger partial charge in [0.05, 0.1) is 11.8 Å². The van der Waals surface area contributed by atoms with Gasteiger partial charge in [0.1, 0.15) is 5.60 Å². The predicted octanol–water partition coefficient (Wildman–Crippen LogP) is 2.37. The van der Waals surface area contributed by atoms with E-state index in [4.69, 9.17) is 10.5 Å². The van der Waals surface area contributed by atoms with Crippen LogP contribution in [0.25, 0.3) is 0 Å². The van der Waals surface area contributed by atoms with Crippen LogP contribution in [-0.2, 0) is 11.2 Å². The Balaban J connectivity index is 2.25. The van der Waals surface area contributed by atoms with E-state index in [0.29, 0.717) is 6.54 Å². The van der Waals surface area contributed by atoms with Crippen molar-refractivity contribution in [3.63, 3.8) is 0 Å². The van der Waals surface area contributed by atoms with Gasteiger partial charge in [0, 0.05) is 13.1 Å². The number of hydrogen-bond acceptors (Lipinski definition) is 4. The van der Waals surface area contributed by atoms with E-state index in [1.165, 1.54) is 0 Å². The van der Waals surface area contributed by atoms with E-state index >= 15 is 0 Å². The molecule has 1 aliphatic heterocycles. The molecule has 0 spiro atoms. The first kappa shape index (κ1) is 15.8. The molecule has 0 aliphatic carbocycles. The zero-order chi connectivity index (χ0) is 15.6. The van der Waals surface area contributed by atoms with Crippen LogP contribution in [0, 0.1) is 0 Å². The zero-order valence-corrected chi connectivity index (χ0v) is 12.9. The molecular formula is C16H24N2O3. The average molecular weight is 292 g/mol. The molecule has 1 atom stereocenters. The molecule has 5 nitrogen and oxygen atoms in total. The molecule has 0 bridgehead atoms. The molecule has 0 fully saturated rings. The van der Waals surface area contributed by atoms with Crippen molar-refractivity contribution in [3.8, 4) is 0 Å². The molecule has 0 aromatic heterocycles. The summed E-state index contributed by atoms with van der Waals surface area (Å²) in [6.07, 6.45) is 0.788. The Morgan fingerprint density at radius 2 is 2.19 bits per heavy atom. The van der Waals surface area contributed by atoms with Gasteiger partial charge in [0.15, 0.2) is 0 Å². The number of ether oxygens (including phenoxy) is 1. The van der Waals surface area contributed by atoms with Crippen LogP contribution in [0.1, 0.15) is 44.4 Å². The summed E-state index contributed by atoms with van der Waals surface area (Å²) < 4.78 is 5.45. The Hall–Kier alpha value is -1.59. The molecular weight excluding hydrogens is 268 g/mol. The van der Waals surface area contributed by atoms with Gasteiger partial charge in [-0.1, -0.05) is 12.1 Å². The minimum Gasteiger partial charge on any atom is -0.443 e. The van der Waals surface area contributed by atoms with Crippen molar-refractivity contribution in [2.45, 2.75) is 45.3 Å². The van der Waals surface area contributed by atoms with Crippen molar-refractivity contribution in [1.29, 1.82) is 0 Å². The standard InChI is InChI=1S/C16H24N2O3/c1-16(2,3)21-15(20)18-8-4-5-11-9-12(14(19)10-17)6-7-13(11)18/h6-7,9,14,19H,4-5,8,10,17H2,1-3H3. The Morgan fingerprint density at radius 3 is 2.81 bits per heavy atom. The molecule has 5 heteroatoms. The first-order valence-electron chi connectivity index (χ1n) is 7.33. The molecule has 0 saturated carbocycles. The van der Waals surface area contributed by atoms with Gasteiger partial charge in [-0.2, -0.15) is 0 Å². The molecule has 1 amide bonds. The average Bonchev–Trinajstić information content (AvgIpc) is 2.43. The smallest absolute Gasteiger partial charge is 0.414 e. The van der Waals surface area contributed by atoms with E-state index in [1.54, 1.807) is 4.90 Å². The summed E-state index contributed by atoms with van der Waals surface area (Å²) >= 11 is 0. The lowest BCUT2D eigenvalue weighted by atomic mass is 9.97. The van der Waals surface area contributed by atoms with Gasteiger partial charge in [0.25, 0.3) is 0 Å². The quantitative estimate of drug-likeness (QED) is 0.877. The maximum absolute atomic E-state index is 12.3. The normalized spacial score (nSPS) is 16.3. The van der Waals surface area contributed by atoms with Crippen LogP contribution in [-0.4, -0.2) is 29.9 Å². The van der Waals surface area contributed by atoms with Crippen molar-refractivity contribution in [3.05, 3.63) is 29.3 Å². The number of nitrogens with zero attached hydrogens (tertiary/aromatic N) is 1. The van der Waals surface area contributed by atoms with E-state index in [-0.39, 0.29) is 12.6 Å². The monoisotopic (exact) mass is 292 g/mol. The van der Waals surface area contributed by atoms with Crippen molar-refractivity contribution in [1.82, 2.24) is 0 Å². The Morgan fingerprint density at radius 1 is 1.48 bits per heavy atom. The van der Waals surface area contributed by atoms with Gasteiger partial charge in [-0.15, -0.1) is 0 Å². The van der Waals surface area contributed by atoms with E-state index in [0.717, 1.165) is 29.7 Å². The molecule has 1 heterocycles. The van der Waals surface area contributed by atoms with Crippen LogP contribution in [0.15, 0.2) is 18.2 Å². The van der Waals surface area contributed by atoms with Gasteiger partial charge >= 0.3 is 6.09 Å². The highest BCUT2D eigenvalue weighted by atomic mass is 16.6. The lowest BCUT2D eigenvalue weighted by molar-refractivity contribution is 0.0578. The number of carbonyl (C=O) groups is 1. The van der Waals surface area contributed by atoms with E-state index < -0.39 is 11.7 Å². The van der Waals surface area contributed by atoms with Gasteiger partial charge in [-0.25, -0.2) is 4.79 Å². The Kier molecular flexibility index (Phi) is 4.54. The fraction of sp³-hybridized carbons (Fsp3) is 0.562. The van der Waals surface area contributed by atoms with Gasteiger partial charge in [-0.05, 0) is 50.8 Å². The van der Waals surface area contributed by atoms with Gasteiger partial charge in [-0.3, -0.25) is 4.90 Å². The molecule has 0 saturated heterocycles. The van der Waals surface area contributed by atoms with E-state index in [9.17, 15) is 9.90 Å². The van der Waals surface area contributed by atoms with Crippen LogP contribution in [0.2, 0.25) is 0 Å². The first-order chi connectivity index (χ1) is 9.81. The minimum absolute atomic E-state index is 0.189. The minimum atomic E-state index is -0.660. The zero-order valence-electron chi connectivity index (χ0n) is 12.9. The fourth-order valence-electron chi connectivity index (χ4n) is 2.47. The Labute approximate surface area is 125 Å². The molecule has 1 aliphatic rings. The van der Waals surface area contributed by atoms with Crippen LogP contribution in [0.5, 0.6) is 0 Å². The summed E-state index contributed by atoms with van der Waals surface area (Å²) in [5.74, 6) is 0. The number of aryl methyl sites for hydroxylation is 1. The highest BCUT2D eigenvalue weighted by molar-refractivity contribution is 5.89. The number of rotatable bonds is 2. The molecule has 3 N–H and O–H groups in total. The second-order valence-electron chi connectivity index (χ2n) is 6.38. The van der Waals surface area contributed by atoms with Gasteiger partial charge in [0.2, 0.25) is 0 Å². The molecule has 1 aromatic carbocycles. The van der Waals surface area contributed by atoms with Crippen LogP contribution >= 0.6 is 0 Å². The predicted molar refractivity (Wildman–Crippen MR) is 82.4 cm³/mol. The molecule has 2 rings (SSSR count). The maximum Gasteiger partial charge on any atom is 0.414 e. The highest BCUT2D eigenvalue weighted by Crippen LogP contribution is 2.30. The topological polar surface area (TPSA) is 75.8 Å². The number of benzene rings is 1. The summed E-state index contributed by atoms with van der Waals surface area (Å²) in [6.45, 7) is 6.42. The summed E-state index contributed by atoms with van der Waals surface area (Å²) in [7, 11) is 0. The van der Waals surface area contributed by atoms with Gasteiger partial charge < -0.3 is 15.6 Å². The highest BCUT2D eigenvalue weighted by Gasteiger charge is 2.27. The summed E-state index contributed by atoms with van der Waals surface area (Å²) in [5, 5.41) is 9.83. The van der Waals surface area contributed by atoms with Crippen LogP contribution < -0.4 is 10.6 Å². The number of aliphatic hydroxyl groups excluding tert-OH is 1. The summed E-state index contributed by atoms with van der Waals surface area (Å²) in [5.41, 5.74) is 7.69. The van der Waals surface area contributed by atoms with E-state index in [2.05, 4.69) is 0 Å². The van der Waals surface area contributed by atoms with Crippen molar-refractivity contribution in [2.24, 2.45) is 5.73 Å². The SMILES string of the molecule is CC(C)(C)OC(=O)N1CCCc2cc(C(O)CN)ccc21. The van der Waals surface area contributed by atoms with Crippen LogP contribution in [0.4, 0.5) is 10.5 Å². The third kappa shape index (κ3) is 3.74. The number of nitrogens with two attached hydrogens (primary N) is 1. The number of hydrogen-bond donors (Lipinski definition) is 2. The molecule has 21 heavy (non-hydrogen) atoms. The maximum atomic E-state index is 12.3. The summed E-state index contributed by atoms with van der Waals surface area (Å²) in [4.78, 5) is 14.0. The van der Waals surface area contributed by atoms with Crippen LogP contribution in [0.3, 0.4) is 0 Å². The van der Waals surface area contributed by atoms with Crippen molar-refractivity contribution < 1.29 is 14.6 Å². The van der Waals surface area contributed by atoms with Crippen molar-refractivity contribution in [2.75, 3.05) is 18.0 Å². The summed E-state index contributed by atoms with van der Waals surface area (Å²) in [6, 6.07) is 5.62. The number of fused-ring (bicyclic) bond motifs is 1. The molecule has 1 unspecified atom stereocenters. The first-order valence-corrected chi connectivity index (χ1v) is 7.33. The number of carbonyl (C=O) groups excluding carboxylic acids is 1. The molecule has 116 valence electrons. The largest absolute Gasteiger partial charge is 0.443 e. The fourth-order valence-corrected chi connectivity index (χ4v) is 2.47. The molecule has 0 radical (unpaired) electrons. The third-order valence-corrected chi connectivity index (χ3v) is 3.44. The lowest BCUT2D eigenvalue weighted by Crippen LogP contribution is -2.39. The number of anilines is 1. The number of amides is 1. The lowest BCUT2D eigenvalue weighted by Gasteiger charge is -2.32. The molecule has 1 aromatic rings. The second-order valence-corrected chi connectivity index (χ2v) is 6.38.